The molecule has 1 heterocycles. The largest absolute Gasteiger partial charge is 0.220 e. The third kappa shape index (κ3) is 1.07. The zero-order valence-electron chi connectivity index (χ0n) is 4.03. The molecule has 0 spiro atoms. The van der Waals surface area contributed by atoms with Crippen molar-refractivity contribution in [3.8, 4) is 0 Å². The molecule has 0 aromatic rings. The van der Waals surface area contributed by atoms with E-state index in [1.165, 1.54) is 16.5 Å². The van der Waals surface area contributed by atoms with Gasteiger partial charge in [0, 0.05) is 6.21 Å². The van der Waals surface area contributed by atoms with Gasteiger partial charge in [0.25, 0.3) is 0 Å². The zero-order valence-corrected chi connectivity index (χ0v) is 4.85. The van der Waals surface area contributed by atoms with E-state index >= 15 is 0 Å². The average Bonchev–Trinajstić information content (AvgIpc) is 1.87. The Labute approximate surface area is 46.7 Å². The van der Waals surface area contributed by atoms with E-state index in [9.17, 15) is 0 Å². The molecule has 4 heteroatoms. The first-order valence-electron chi connectivity index (χ1n) is 2.05. The highest BCUT2D eigenvalue weighted by Gasteiger charge is 2.08. The molecule has 0 fully saturated rings. The summed E-state index contributed by atoms with van der Waals surface area (Å²) in [7, 11) is 0. The maximum atomic E-state index is 5.22. The average molecular weight is 117 g/mol. The number of hydrogen-bond acceptors (Lipinski definition) is 4. The highest BCUT2D eigenvalue weighted by atomic mass is 32.2. The molecule has 7 heavy (non-hydrogen) atoms. The number of rotatable bonds is 0. The van der Waals surface area contributed by atoms with Crippen LogP contribution in [-0.4, -0.2) is 16.0 Å². The summed E-state index contributed by atoms with van der Waals surface area (Å²) in [6.45, 7) is 2.04. The second-order valence-corrected chi connectivity index (χ2v) is 2.71. The van der Waals surface area contributed by atoms with Gasteiger partial charge in [-0.1, -0.05) is 0 Å². The molecule has 0 saturated carbocycles. The summed E-state index contributed by atoms with van der Waals surface area (Å²) in [5, 5.41) is 4.22. The maximum absolute atomic E-state index is 5.22. The molecule has 0 aromatic heterocycles. The quantitative estimate of drug-likeness (QED) is 0.364. The van der Waals surface area contributed by atoms with Crippen LogP contribution >= 0.6 is 11.9 Å². The normalized spacial score (nSPS) is 29.4. The number of hydrogen-bond donors (Lipinski definition) is 1. The third-order valence-electron chi connectivity index (χ3n) is 0.665. The Kier molecular flexibility index (Phi) is 1.21. The molecule has 1 atom stereocenters. The molecular weight excluding hydrogens is 110 g/mol. The van der Waals surface area contributed by atoms with Gasteiger partial charge in [-0.15, -0.1) is 0 Å². The van der Waals surface area contributed by atoms with Crippen LogP contribution in [0.25, 0.3) is 0 Å². The van der Waals surface area contributed by atoms with Gasteiger partial charge in [0.1, 0.15) is 0 Å². The molecular formula is C3H7N3S. The van der Waals surface area contributed by atoms with E-state index in [-0.39, 0.29) is 0 Å². The fourth-order valence-corrected chi connectivity index (χ4v) is 0.943. The fraction of sp³-hybridized carbons (Fsp3) is 0.667. The van der Waals surface area contributed by atoms with Gasteiger partial charge in [-0.25, -0.2) is 5.84 Å². The molecule has 40 valence electrons. The summed E-state index contributed by atoms with van der Waals surface area (Å²) in [6.07, 6.45) is 1.81. The minimum atomic E-state index is 0.449. The summed E-state index contributed by atoms with van der Waals surface area (Å²) in [5.74, 6) is 5.22. The van der Waals surface area contributed by atoms with Crippen molar-refractivity contribution in [2.45, 2.75) is 12.2 Å². The fourth-order valence-electron chi connectivity index (χ4n) is 0.384. The van der Waals surface area contributed by atoms with Crippen LogP contribution in [0.4, 0.5) is 0 Å². The maximum Gasteiger partial charge on any atom is 0.0622 e. The highest BCUT2D eigenvalue weighted by molar-refractivity contribution is 7.98. The van der Waals surface area contributed by atoms with Crippen molar-refractivity contribution in [1.29, 1.82) is 0 Å². The minimum Gasteiger partial charge on any atom is -0.220 e. The Bertz CT molecular complexity index is 82.2. The van der Waals surface area contributed by atoms with Crippen LogP contribution in [-0.2, 0) is 0 Å². The Morgan fingerprint density at radius 1 is 2.00 bits per heavy atom. The second kappa shape index (κ2) is 1.71. The number of hydrazone groups is 1. The third-order valence-corrected chi connectivity index (χ3v) is 1.43. The number of nitrogens with zero attached hydrogens (tertiary/aromatic N) is 2. The Balaban J connectivity index is 2.42. The van der Waals surface area contributed by atoms with E-state index in [0.29, 0.717) is 5.25 Å². The van der Waals surface area contributed by atoms with E-state index in [4.69, 9.17) is 5.84 Å². The van der Waals surface area contributed by atoms with Gasteiger partial charge >= 0.3 is 0 Å². The Hall–Kier alpha value is -0.220. The predicted molar refractivity (Wildman–Crippen MR) is 31.6 cm³/mol. The summed E-state index contributed by atoms with van der Waals surface area (Å²) in [6, 6.07) is 0. The van der Waals surface area contributed by atoms with Crippen LogP contribution in [0.5, 0.6) is 0 Å². The smallest absolute Gasteiger partial charge is 0.0622 e. The summed E-state index contributed by atoms with van der Waals surface area (Å²) < 4.78 is 1.37. The summed E-state index contributed by atoms with van der Waals surface area (Å²) >= 11 is 1.51. The van der Waals surface area contributed by atoms with Gasteiger partial charge in [-0.2, -0.15) is 9.62 Å². The van der Waals surface area contributed by atoms with Crippen LogP contribution in [0, 0.1) is 0 Å². The molecule has 0 radical (unpaired) electrons. The molecule has 3 nitrogen and oxygen atoms in total. The summed E-state index contributed by atoms with van der Waals surface area (Å²) in [5.41, 5.74) is 0. The first kappa shape index (κ1) is 4.93. The van der Waals surface area contributed by atoms with E-state index < -0.39 is 0 Å². The lowest BCUT2D eigenvalue weighted by molar-refractivity contribution is 0.547. The van der Waals surface area contributed by atoms with Crippen molar-refractivity contribution in [2.75, 3.05) is 0 Å². The molecule has 1 aliphatic rings. The number of hydrazine groups is 1. The minimum absolute atomic E-state index is 0.449. The SMILES string of the molecule is CC1C=NN(N)S1. The molecule has 0 saturated heterocycles. The Morgan fingerprint density at radius 3 is 2.86 bits per heavy atom. The van der Waals surface area contributed by atoms with E-state index in [1.807, 2.05) is 13.1 Å². The molecule has 1 aliphatic heterocycles. The summed E-state index contributed by atoms with van der Waals surface area (Å²) in [4.78, 5) is 0. The number of nitrogens with two attached hydrogens (primary N) is 1. The van der Waals surface area contributed by atoms with Gasteiger partial charge < -0.3 is 0 Å². The van der Waals surface area contributed by atoms with Gasteiger partial charge in [-0.05, 0) is 18.9 Å². The van der Waals surface area contributed by atoms with Crippen LogP contribution in [0.15, 0.2) is 5.10 Å². The van der Waals surface area contributed by atoms with Crippen LogP contribution in [0.1, 0.15) is 6.92 Å². The van der Waals surface area contributed by atoms with Crippen molar-refractivity contribution in [3.05, 3.63) is 0 Å². The van der Waals surface area contributed by atoms with Crippen molar-refractivity contribution in [3.63, 3.8) is 0 Å². The van der Waals surface area contributed by atoms with Gasteiger partial charge in [0.15, 0.2) is 0 Å². The van der Waals surface area contributed by atoms with Crippen molar-refractivity contribution in [1.82, 2.24) is 4.52 Å². The standard InChI is InChI=1S/C3H7N3S/c1-3-2-5-6(4)7-3/h2-3H,4H2,1H3. The van der Waals surface area contributed by atoms with Crippen molar-refractivity contribution >= 4 is 18.2 Å². The molecule has 0 aromatic carbocycles. The molecule has 1 unspecified atom stereocenters. The zero-order chi connectivity index (χ0) is 5.28. The molecule has 0 bridgehead atoms. The molecule has 0 amide bonds. The first-order chi connectivity index (χ1) is 3.29. The van der Waals surface area contributed by atoms with Crippen LogP contribution < -0.4 is 5.84 Å². The van der Waals surface area contributed by atoms with E-state index in [0.717, 1.165) is 0 Å². The first-order valence-corrected chi connectivity index (χ1v) is 2.88. The van der Waals surface area contributed by atoms with Gasteiger partial charge in [-0.3, -0.25) is 0 Å². The van der Waals surface area contributed by atoms with Crippen LogP contribution in [0.2, 0.25) is 0 Å². The predicted octanol–water partition coefficient (Wildman–Crippen LogP) is 0.198. The van der Waals surface area contributed by atoms with Gasteiger partial charge in [0.2, 0.25) is 0 Å². The van der Waals surface area contributed by atoms with E-state index in [2.05, 4.69) is 5.10 Å². The van der Waals surface area contributed by atoms with Gasteiger partial charge in [0.05, 0.1) is 5.25 Å². The van der Waals surface area contributed by atoms with Crippen molar-refractivity contribution < 1.29 is 0 Å². The molecule has 2 N–H and O–H groups in total. The monoisotopic (exact) mass is 117 g/mol. The lowest BCUT2D eigenvalue weighted by Crippen LogP contribution is -2.13. The lowest BCUT2D eigenvalue weighted by Gasteiger charge is -2.01. The van der Waals surface area contributed by atoms with Crippen molar-refractivity contribution in [2.24, 2.45) is 10.9 Å². The molecule has 0 aliphatic carbocycles. The molecule has 1 rings (SSSR count). The van der Waals surface area contributed by atoms with Crippen LogP contribution in [0.3, 0.4) is 0 Å². The lowest BCUT2D eigenvalue weighted by atomic mass is 10.5. The highest BCUT2D eigenvalue weighted by Crippen LogP contribution is 2.16. The topological polar surface area (TPSA) is 41.6 Å². The van der Waals surface area contributed by atoms with E-state index in [1.54, 1.807) is 0 Å². The second-order valence-electron chi connectivity index (χ2n) is 1.38. The Morgan fingerprint density at radius 2 is 2.71 bits per heavy atom.